The van der Waals surface area contributed by atoms with Crippen molar-refractivity contribution >= 4 is 65.2 Å². The zero-order chi connectivity index (χ0) is 42.1. The summed E-state index contributed by atoms with van der Waals surface area (Å²) in [5, 5.41) is 9.60. The Bertz CT molecular complexity index is 3870. The molecule has 0 aliphatic carbocycles. The number of benzene rings is 10. The van der Waals surface area contributed by atoms with Crippen LogP contribution in [0.15, 0.2) is 224 Å². The molecule has 298 valence electrons. The second-order valence-corrected chi connectivity index (χ2v) is 16.4. The Kier molecular flexibility index (Phi) is 8.15. The second-order valence-electron chi connectivity index (χ2n) is 16.4. The Hall–Kier alpha value is -8.67. The predicted octanol–water partition coefficient (Wildman–Crippen LogP) is 15.0. The van der Waals surface area contributed by atoms with Crippen LogP contribution in [0.2, 0.25) is 0 Å². The highest BCUT2D eigenvalue weighted by atomic mass is 15.0. The van der Waals surface area contributed by atoms with E-state index in [0.29, 0.717) is 17.5 Å². The van der Waals surface area contributed by atoms with Crippen molar-refractivity contribution in [1.82, 2.24) is 24.1 Å². The normalized spacial score (nSPS) is 11.8. The highest BCUT2D eigenvalue weighted by molar-refractivity contribution is 6.25. The summed E-state index contributed by atoms with van der Waals surface area (Å²) in [6, 6.07) is 80.0. The lowest BCUT2D eigenvalue weighted by Crippen LogP contribution is -2.00. The molecular formula is C59H37N5. The van der Waals surface area contributed by atoms with Crippen LogP contribution in [0, 0.1) is 0 Å². The molecule has 0 spiro atoms. The van der Waals surface area contributed by atoms with Crippen LogP contribution >= 0.6 is 0 Å². The summed E-state index contributed by atoms with van der Waals surface area (Å²) in [4.78, 5) is 15.1. The van der Waals surface area contributed by atoms with Crippen LogP contribution in [0.5, 0.6) is 0 Å². The largest absolute Gasteiger partial charge is 0.309 e. The Morgan fingerprint density at radius 2 is 0.828 bits per heavy atom. The summed E-state index contributed by atoms with van der Waals surface area (Å²) in [7, 11) is 0. The maximum absolute atomic E-state index is 5.09. The fourth-order valence-corrected chi connectivity index (χ4v) is 9.77. The SMILES string of the molecule is c1ccc(-c2ccc(-n3c4cc5c(cc4c4c6ccccc6ccc43)c3ccccc3n5-c3ccc4c(-c5nc(-c6ccccc6)nc(-c6ccccc6)n5)cccc4c3)cc2)cc1. The highest BCUT2D eigenvalue weighted by Crippen LogP contribution is 2.43. The summed E-state index contributed by atoms with van der Waals surface area (Å²) in [6.07, 6.45) is 0. The number of hydrogen-bond acceptors (Lipinski definition) is 3. The molecule has 0 radical (unpaired) electrons. The lowest BCUT2D eigenvalue weighted by molar-refractivity contribution is 1.08. The van der Waals surface area contributed by atoms with Crippen molar-refractivity contribution in [3.8, 4) is 56.7 Å². The Labute approximate surface area is 368 Å². The standard InChI is InChI=1S/C59H37N5/c1-4-15-38(16-5-1)39-27-30-44(31-28-39)63-53-34-29-40-17-10-11-23-47(40)56(53)51-36-50-48-24-12-13-26-52(48)64(54(50)37-55(51)63)45-32-33-46-43(35-45)22-14-25-49(46)59-61-57(41-18-6-2-7-19-41)60-58(62-59)42-20-8-3-9-21-42/h1-37H. The molecule has 5 nitrogen and oxygen atoms in total. The summed E-state index contributed by atoms with van der Waals surface area (Å²) in [5.74, 6) is 1.93. The van der Waals surface area contributed by atoms with E-state index in [2.05, 4.69) is 173 Å². The molecule has 13 aromatic rings. The van der Waals surface area contributed by atoms with E-state index in [1.54, 1.807) is 0 Å². The second kappa shape index (κ2) is 14.5. The van der Waals surface area contributed by atoms with Gasteiger partial charge in [-0.2, -0.15) is 0 Å². The molecule has 0 atom stereocenters. The molecule has 0 N–H and O–H groups in total. The highest BCUT2D eigenvalue weighted by Gasteiger charge is 2.21. The molecule has 5 heteroatoms. The van der Waals surface area contributed by atoms with E-state index in [1.807, 2.05) is 60.7 Å². The maximum atomic E-state index is 5.09. The molecule has 0 aliphatic heterocycles. The zero-order valence-electron chi connectivity index (χ0n) is 34.6. The van der Waals surface area contributed by atoms with E-state index in [9.17, 15) is 0 Å². The van der Waals surface area contributed by atoms with Gasteiger partial charge in [0.05, 0.1) is 22.1 Å². The molecule has 13 rings (SSSR count). The third kappa shape index (κ3) is 5.75. The van der Waals surface area contributed by atoms with Gasteiger partial charge >= 0.3 is 0 Å². The molecule has 10 aromatic carbocycles. The van der Waals surface area contributed by atoms with E-state index < -0.39 is 0 Å². The monoisotopic (exact) mass is 815 g/mol. The molecule has 0 bridgehead atoms. The van der Waals surface area contributed by atoms with Crippen molar-refractivity contribution in [3.63, 3.8) is 0 Å². The van der Waals surface area contributed by atoms with Crippen LogP contribution in [0.1, 0.15) is 0 Å². The van der Waals surface area contributed by atoms with Crippen LogP contribution in [0.25, 0.3) is 122 Å². The molecule has 0 aliphatic rings. The van der Waals surface area contributed by atoms with Crippen molar-refractivity contribution in [2.75, 3.05) is 0 Å². The minimum Gasteiger partial charge on any atom is -0.309 e. The van der Waals surface area contributed by atoms with Gasteiger partial charge in [0.2, 0.25) is 0 Å². The zero-order valence-corrected chi connectivity index (χ0v) is 34.6. The third-order valence-electron chi connectivity index (χ3n) is 12.7. The van der Waals surface area contributed by atoms with E-state index >= 15 is 0 Å². The fourth-order valence-electron chi connectivity index (χ4n) is 9.77. The molecule has 0 unspecified atom stereocenters. The van der Waals surface area contributed by atoms with Gasteiger partial charge in [-0.3, -0.25) is 0 Å². The summed E-state index contributed by atoms with van der Waals surface area (Å²) in [6.45, 7) is 0. The first kappa shape index (κ1) is 36.0. The van der Waals surface area contributed by atoms with Crippen molar-refractivity contribution in [3.05, 3.63) is 224 Å². The van der Waals surface area contributed by atoms with Crippen molar-refractivity contribution in [2.45, 2.75) is 0 Å². The van der Waals surface area contributed by atoms with Crippen molar-refractivity contribution < 1.29 is 0 Å². The van der Waals surface area contributed by atoms with Crippen LogP contribution in [0.4, 0.5) is 0 Å². The van der Waals surface area contributed by atoms with Gasteiger partial charge in [-0.05, 0) is 81.2 Å². The summed E-state index contributed by atoms with van der Waals surface area (Å²) >= 11 is 0. The fraction of sp³-hybridized carbons (Fsp3) is 0. The van der Waals surface area contributed by atoms with Crippen LogP contribution in [0.3, 0.4) is 0 Å². The van der Waals surface area contributed by atoms with E-state index in [0.717, 1.165) is 55.4 Å². The van der Waals surface area contributed by atoms with Gasteiger partial charge in [0.1, 0.15) is 0 Å². The van der Waals surface area contributed by atoms with Gasteiger partial charge in [0.25, 0.3) is 0 Å². The minimum atomic E-state index is 0.641. The van der Waals surface area contributed by atoms with Crippen LogP contribution in [-0.4, -0.2) is 24.1 Å². The Balaban J connectivity index is 1.03. The van der Waals surface area contributed by atoms with Gasteiger partial charge < -0.3 is 9.13 Å². The number of hydrogen-bond donors (Lipinski definition) is 0. The lowest BCUT2D eigenvalue weighted by Gasteiger charge is -2.13. The first-order chi connectivity index (χ1) is 31.7. The number of fused-ring (bicyclic) bond motifs is 9. The van der Waals surface area contributed by atoms with Gasteiger partial charge in [0, 0.05) is 49.6 Å². The number of nitrogens with zero attached hydrogens (tertiary/aromatic N) is 5. The molecule has 0 fully saturated rings. The lowest BCUT2D eigenvalue weighted by atomic mass is 10.0. The van der Waals surface area contributed by atoms with Gasteiger partial charge in [-0.1, -0.05) is 176 Å². The molecule has 0 saturated carbocycles. The molecule has 3 aromatic heterocycles. The number of aromatic nitrogens is 5. The number of rotatable bonds is 6. The first-order valence-corrected chi connectivity index (χ1v) is 21.7. The quantitative estimate of drug-likeness (QED) is 0.168. The smallest absolute Gasteiger partial charge is 0.164 e. The molecule has 3 heterocycles. The molecular weight excluding hydrogens is 779 g/mol. The van der Waals surface area contributed by atoms with Crippen molar-refractivity contribution in [1.29, 1.82) is 0 Å². The summed E-state index contributed by atoms with van der Waals surface area (Å²) in [5.41, 5.74) is 12.1. The Morgan fingerprint density at radius 1 is 0.266 bits per heavy atom. The third-order valence-corrected chi connectivity index (χ3v) is 12.7. The molecule has 0 amide bonds. The van der Waals surface area contributed by atoms with Gasteiger partial charge in [-0.25, -0.2) is 15.0 Å². The first-order valence-electron chi connectivity index (χ1n) is 21.7. The minimum absolute atomic E-state index is 0.641. The van der Waals surface area contributed by atoms with Gasteiger partial charge in [-0.15, -0.1) is 0 Å². The topological polar surface area (TPSA) is 48.5 Å². The number of para-hydroxylation sites is 1. The predicted molar refractivity (Wildman–Crippen MR) is 265 cm³/mol. The van der Waals surface area contributed by atoms with Gasteiger partial charge in [0.15, 0.2) is 17.5 Å². The maximum Gasteiger partial charge on any atom is 0.164 e. The molecule has 64 heavy (non-hydrogen) atoms. The van der Waals surface area contributed by atoms with E-state index in [1.165, 1.54) is 49.0 Å². The average molecular weight is 816 g/mol. The Morgan fingerprint density at radius 3 is 1.56 bits per heavy atom. The summed E-state index contributed by atoms with van der Waals surface area (Å²) < 4.78 is 4.88. The molecule has 0 saturated heterocycles. The van der Waals surface area contributed by atoms with Crippen LogP contribution < -0.4 is 0 Å². The average Bonchev–Trinajstić information content (AvgIpc) is 3.88. The van der Waals surface area contributed by atoms with Crippen LogP contribution in [-0.2, 0) is 0 Å². The van der Waals surface area contributed by atoms with Crippen molar-refractivity contribution in [2.24, 2.45) is 0 Å². The van der Waals surface area contributed by atoms with E-state index in [-0.39, 0.29) is 0 Å². The van der Waals surface area contributed by atoms with E-state index in [4.69, 9.17) is 15.0 Å².